The molecule has 2 aromatic carbocycles. The molecule has 0 unspecified atom stereocenters. The number of halogens is 2. The minimum atomic E-state index is -0.351. The minimum absolute atomic E-state index is 0.351. The molecule has 0 fully saturated rings. The molecular formula is C16H13BrFN3. The lowest BCUT2D eigenvalue weighted by Crippen LogP contribution is -2.11. The molecule has 0 bridgehead atoms. The van der Waals surface area contributed by atoms with Gasteiger partial charge in [-0.1, -0.05) is 30.3 Å². The number of aromatic nitrogens is 1. The summed E-state index contributed by atoms with van der Waals surface area (Å²) >= 11 is 3.43. The minimum Gasteiger partial charge on any atom is -0.323 e. The van der Waals surface area contributed by atoms with E-state index in [-0.39, 0.29) is 5.82 Å². The van der Waals surface area contributed by atoms with Crippen LogP contribution in [0.3, 0.4) is 0 Å². The first-order chi connectivity index (χ1) is 10.1. The Kier molecular flexibility index (Phi) is 3.61. The van der Waals surface area contributed by atoms with Crippen LogP contribution in [0.1, 0.15) is 5.56 Å². The standard InChI is InChI=1S/C16H13BrFN3/c1-9-14(10-5-3-2-4-6-10)20-16-11(17)7-8-12(18)13(16)15(9)21-19/h2-8H,19H2,1H3,(H,20,21). The summed E-state index contributed by atoms with van der Waals surface area (Å²) in [7, 11) is 0. The summed E-state index contributed by atoms with van der Waals surface area (Å²) in [4.78, 5) is 4.63. The second-order valence-corrected chi connectivity index (χ2v) is 5.58. The molecular weight excluding hydrogens is 333 g/mol. The number of nitrogens with zero attached hydrogens (tertiary/aromatic N) is 1. The predicted octanol–water partition coefficient (Wildman–Crippen LogP) is 4.40. The van der Waals surface area contributed by atoms with Crippen LogP contribution in [-0.4, -0.2) is 4.98 Å². The molecule has 1 aromatic heterocycles. The number of benzene rings is 2. The number of nitrogen functional groups attached to an aromatic ring is 1. The van der Waals surface area contributed by atoms with Crippen LogP contribution in [0.2, 0.25) is 0 Å². The quantitative estimate of drug-likeness (QED) is 0.534. The van der Waals surface area contributed by atoms with Crippen LogP contribution >= 0.6 is 15.9 Å². The molecule has 0 atom stereocenters. The molecule has 21 heavy (non-hydrogen) atoms. The van der Waals surface area contributed by atoms with Crippen molar-refractivity contribution in [1.82, 2.24) is 4.98 Å². The number of fused-ring (bicyclic) bond motifs is 1. The Bertz CT molecular complexity index is 819. The van der Waals surface area contributed by atoms with E-state index in [0.29, 0.717) is 16.6 Å². The number of nitrogens with two attached hydrogens (primary N) is 1. The number of nitrogens with one attached hydrogen (secondary N) is 1. The van der Waals surface area contributed by atoms with Gasteiger partial charge in [0.25, 0.3) is 0 Å². The molecule has 0 aliphatic heterocycles. The van der Waals surface area contributed by atoms with Crippen LogP contribution in [0, 0.1) is 12.7 Å². The van der Waals surface area contributed by atoms with E-state index in [1.807, 2.05) is 37.3 Å². The van der Waals surface area contributed by atoms with Crippen LogP contribution in [-0.2, 0) is 0 Å². The van der Waals surface area contributed by atoms with Gasteiger partial charge in [-0.3, -0.25) is 5.84 Å². The van der Waals surface area contributed by atoms with E-state index < -0.39 is 0 Å². The van der Waals surface area contributed by atoms with Gasteiger partial charge >= 0.3 is 0 Å². The molecule has 0 amide bonds. The van der Waals surface area contributed by atoms with E-state index in [0.717, 1.165) is 21.3 Å². The van der Waals surface area contributed by atoms with Crippen LogP contribution in [0.15, 0.2) is 46.9 Å². The average Bonchev–Trinajstić information content (AvgIpc) is 2.51. The van der Waals surface area contributed by atoms with E-state index in [9.17, 15) is 4.39 Å². The van der Waals surface area contributed by atoms with E-state index in [2.05, 4.69) is 26.3 Å². The largest absolute Gasteiger partial charge is 0.323 e. The number of anilines is 1. The third-order valence-electron chi connectivity index (χ3n) is 3.47. The molecule has 0 radical (unpaired) electrons. The van der Waals surface area contributed by atoms with Crippen molar-refractivity contribution >= 4 is 32.5 Å². The molecule has 106 valence electrons. The fourth-order valence-corrected chi connectivity index (χ4v) is 2.87. The van der Waals surface area contributed by atoms with Crippen molar-refractivity contribution in [3.63, 3.8) is 0 Å². The van der Waals surface area contributed by atoms with Crippen molar-refractivity contribution in [2.45, 2.75) is 6.92 Å². The molecule has 3 nitrogen and oxygen atoms in total. The molecule has 3 N–H and O–H groups in total. The lowest BCUT2D eigenvalue weighted by molar-refractivity contribution is 0.639. The SMILES string of the molecule is Cc1c(-c2ccccc2)nc2c(Br)ccc(F)c2c1NN. The van der Waals surface area contributed by atoms with Crippen LogP contribution in [0.4, 0.5) is 10.1 Å². The molecule has 0 aliphatic carbocycles. The van der Waals surface area contributed by atoms with Gasteiger partial charge in [0.05, 0.1) is 22.3 Å². The van der Waals surface area contributed by atoms with E-state index in [1.165, 1.54) is 6.07 Å². The molecule has 1 heterocycles. The lowest BCUT2D eigenvalue weighted by atomic mass is 10.0. The van der Waals surface area contributed by atoms with Crippen molar-refractivity contribution in [3.8, 4) is 11.3 Å². The summed E-state index contributed by atoms with van der Waals surface area (Å²) in [5, 5.41) is 0.393. The van der Waals surface area contributed by atoms with Crippen molar-refractivity contribution in [3.05, 3.63) is 58.3 Å². The van der Waals surface area contributed by atoms with Gasteiger partial charge in [-0.2, -0.15) is 0 Å². The van der Waals surface area contributed by atoms with E-state index >= 15 is 0 Å². The van der Waals surface area contributed by atoms with Crippen molar-refractivity contribution in [2.24, 2.45) is 5.84 Å². The van der Waals surface area contributed by atoms with Crippen LogP contribution in [0.25, 0.3) is 22.2 Å². The molecule has 0 saturated heterocycles. The van der Waals surface area contributed by atoms with Gasteiger partial charge in [0.15, 0.2) is 0 Å². The first kappa shape index (κ1) is 14.0. The van der Waals surface area contributed by atoms with Crippen LogP contribution < -0.4 is 11.3 Å². The third kappa shape index (κ3) is 2.28. The second-order valence-electron chi connectivity index (χ2n) is 4.72. The highest BCUT2D eigenvalue weighted by Crippen LogP contribution is 2.36. The van der Waals surface area contributed by atoms with Crippen molar-refractivity contribution in [1.29, 1.82) is 0 Å². The predicted molar refractivity (Wildman–Crippen MR) is 87.4 cm³/mol. The van der Waals surface area contributed by atoms with Gasteiger partial charge in [0, 0.05) is 15.6 Å². The summed E-state index contributed by atoms with van der Waals surface area (Å²) in [5.41, 5.74) is 6.27. The Balaban J connectivity index is 2.44. The molecule has 3 rings (SSSR count). The molecule has 0 saturated carbocycles. The Morgan fingerprint density at radius 1 is 1.14 bits per heavy atom. The van der Waals surface area contributed by atoms with Gasteiger partial charge in [-0.25, -0.2) is 9.37 Å². The highest BCUT2D eigenvalue weighted by molar-refractivity contribution is 9.10. The third-order valence-corrected chi connectivity index (χ3v) is 4.11. The topological polar surface area (TPSA) is 50.9 Å². The molecule has 0 spiro atoms. The van der Waals surface area contributed by atoms with E-state index in [4.69, 9.17) is 5.84 Å². The fraction of sp³-hybridized carbons (Fsp3) is 0.0625. The maximum Gasteiger partial charge on any atom is 0.134 e. The normalized spacial score (nSPS) is 10.9. The maximum absolute atomic E-state index is 14.2. The van der Waals surface area contributed by atoms with Gasteiger partial charge in [-0.15, -0.1) is 0 Å². The first-order valence-electron chi connectivity index (χ1n) is 6.44. The zero-order valence-electron chi connectivity index (χ0n) is 11.3. The molecule has 3 aromatic rings. The maximum atomic E-state index is 14.2. The van der Waals surface area contributed by atoms with Gasteiger partial charge < -0.3 is 5.43 Å². The average molecular weight is 346 g/mol. The van der Waals surface area contributed by atoms with Crippen molar-refractivity contribution < 1.29 is 4.39 Å². The Morgan fingerprint density at radius 3 is 2.52 bits per heavy atom. The molecule has 5 heteroatoms. The summed E-state index contributed by atoms with van der Waals surface area (Å²) in [6.07, 6.45) is 0. The van der Waals surface area contributed by atoms with Gasteiger partial charge in [-0.05, 0) is 35.0 Å². The van der Waals surface area contributed by atoms with Crippen LogP contribution in [0.5, 0.6) is 0 Å². The smallest absolute Gasteiger partial charge is 0.134 e. The summed E-state index contributed by atoms with van der Waals surface area (Å²) in [5.74, 6) is 5.27. The zero-order chi connectivity index (χ0) is 15.0. The van der Waals surface area contributed by atoms with Gasteiger partial charge in [0.1, 0.15) is 5.82 Å². The second kappa shape index (κ2) is 5.42. The number of hydrogen-bond acceptors (Lipinski definition) is 3. The number of hydrazine groups is 1. The van der Waals surface area contributed by atoms with Gasteiger partial charge in [0.2, 0.25) is 0 Å². The Hall–Kier alpha value is -1.98. The lowest BCUT2D eigenvalue weighted by Gasteiger charge is -2.15. The highest BCUT2D eigenvalue weighted by Gasteiger charge is 2.17. The Labute approximate surface area is 130 Å². The zero-order valence-corrected chi connectivity index (χ0v) is 12.9. The summed E-state index contributed by atoms with van der Waals surface area (Å²) < 4.78 is 14.9. The molecule has 0 aliphatic rings. The van der Waals surface area contributed by atoms with E-state index in [1.54, 1.807) is 6.07 Å². The van der Waals surface area contributed by atoms with Crippen molar-refractivity contribution in [2.75, 3.05) is 5.43 Å². The monoisotopic (exact) mass is 345 g/mol. The number of rotatable bonds is 2. The number of pyridine rings is 1. The fourth-order valence-electron chi connectivity index (χ4n) is 2.45. The summed E-state index contributed by atoms with van der Waals surface area (Å²) in [6.45, 7) is 1.88. The first-order valence-corrected chi connectivity index (χ1v) is 7.23. The highest BCUT2D eigenvalue weighted by atomic mass is 79.9. The number of hydrogen-bond donors (Lipinski definition) is 2. The summed E-state index contributed by atoms with van der Waals surface area (Å²) in [6, 6.07) is 12.8. The Morgan fingerprint density at radius 2 is 1.86 bits per heavy atom.